The van der Waals surface area contributed by atoms with Gasteiger partial charge in [-0.1, -0.05) is 18.3 Å². The van der Waals surface area contributed by atoms with E-state index >= 15 is 0 Å². The minimum absolute atomic E-state index is 0.401. The first-order valence-corrected chi connectivity index (χ1v) is 5.93. The summed E-state index contributed by atoms with van der Waals surface area (Å²) in [6, 6.07) is 4.77. The van der Waals surface area contributed by atoms with E-state index in [4.69, 9.17) is 18.0 Å². The fourth-order valence-corrected chi connectivity index (χ4v) is 2.31. The van der Waals surface area contributed by atoms with E-state index in [9.17, 15) is 0 Å². The average molecular weight is 235 g/mol. The van der Waals surface area contributed by atoms with Crippen molar-refractivity contribution in [2.45, 2.75) is 32.4 Å². The molecule has 2 heterocycles. The third-order valence-corrected chi connectivity index (χ3v) is 3.15. The highest BCUT2D eigenvalue weighted by Crippen LogP contribution is 2.23. The van der Waals surface area contributed by atoms with Gasteiger partial charge in [-0.05, 0) is 38.0 Å². The molecular formula is C12H17N3S. The lowest BCUT2D eigenvalue weighted by Crippen LogP contribution is -2.36. The smallest absolute Gasteiger partial charge is 0.126 e. The average Bonchev–Trinajstić information content (AvgIpc) is 2.20. The topological polar surface area (TPSA) is 53.8 Å². The lowest BCUT2D eigenvalue weighted by Gasteiger charge is -2.25. The Morgan fingerprint density at radius 1 is 1.38 bits per heavy atom. The standard InChI is InChI=1S/C12H17N3S/c1-7-5-9(6-8(2)14-7)11-4-3-10(13)12(16)15-11/h3-5,7-8,14H,6,13H2,1-2H3,(H,15,16). The van der Waals surface area contributed by atoms with Gasteiger partial charge in [0.25, 0.3) is 0 Å². The van der Waals surface area contributed by atoms with Gasteiger partial charge >= 0.3 is 0 Å². The van der Waals surface area contributed by atoms with E-state index in [2.05, 4.69) is 30.2 Å². The molecule has 0 fully saturated rings. The van der Waals surface area contributed by atoms with Crippen LogP contribution in [0, 0.1) is 4.64 Å². The van der Waals surface area contributed by atoms with Gasteiger partial charge in [-0.15, -0.1) is 0 Å². The van der Waals surface area contributed by atoms with Gasteiger partial charge in [-0.3, -0.25) is 0 Å². The third-order valence-electron chi connectivity index (χ3n) is 2.81. The molecule has 16 heavy (non-hydrogen) atoms. The van der Waals surface area contributed by atoms with Crippen LogP contribution in [0.2, 0.25) is 0 Å². The van der Waals surface area contributed by atoms with Crippen LogP contribution in [0.15, 0.2) is 18.2 Å². The molecule has 3 nitrogen and oxygen atoms in total. The highest BCUT2D eigenvalue weighted by atomic mass is 32.1. The Morgan fingerprint density at radius 3 is 2.75 bits per heavy atom. The molecule has 0 aromatic carbocycles. The molecule has 0 bridgehead atoms. The third kappa shape index (κ3) is 2.33. The highest BCUT2D eigenvalue weighted by molar-refractivity contribution is 7.71. The zero-order chi connectivity index (χ0) is 11.7. The Kier molecular flexibility index (Phi) is 3.12. The van der Waals surface area contributed by atoms with E-state index in [0.29, 0.717) is 22.4 Å². The Balaban J connectivity index is 2.37. The van der Waals surface area contributed by atoms with Crippen molar-refractivity contribution in [3.05, 3.63) is 28.5 Å². The van der Waals surface area contributed by atoms with Crippen LogP contribution < -0.4 is 11.1 Å². The summed E-state index contributed by atoms with van der Waals surface area (Å²) in [5.74, 6) is 0. The second kappa shape index (κ2) is 4.39. The molecule has 0 amide bonds. The first-order chi connectivity index (χ1) is 7.56. The summed E-state index contributed by atoms with van der Waals surface area (Å²) < 4.78 is 0.622. The summed E-state index contributed by atoms with van der Waals surface area (Å²) in [4.78, 5) is 3.18. The van der Waals surface area contributed by atoms with Gasteiger partial charge in [0.05, 0.1) is 5.69 Å². The summed E-state index contributed by atoms with van der Waals surface area (Å²) >= 11 is 5.15. The van der Waals surface area contributed by atoms with Crippen LogP contribution in [0.4, 0.5) is 5.69 Å². The molecule has 0 saturated carbocycles. The fourth-order valence-electron chi connectivity index (χ4n) is 2.13. The number of hydrogen-bond acceptors (Lipinski definition) is 3. The molecule has 86 valence electrons. The fraction of sp³-hybridized carbons (Fsp3) is 0.417. The number of nitrogens with one attached hydrogen (secondary N) is 2. The Labute approximate surface area is 101 Å². The van der Waals surface area contributed by atoms with E-state index in [-0.39, 0.29) is 0 Å². The van der Waals surface area contributed by atoms with E-state index < -0.39 is 0 Å². The summed E-state index contributed by atoms with van der Waals surface area (Å²) in [5.41, 5.74) is 8.73. The molecule has 1 aliphatic heterocycles. The summed E-state index contributed by atoms with van der Waals surface area (Å²) in [6.45, 7) is 4.34. The summed E-state index contributed by atoms with van der Waals surface area (Å²) in [5, 5.41) is 3.46. The number of nitrogens with two attached hydrogens (primary N) is 1. The van der Waals surface area contributed by atoms with Crippen LogP contribution in [0.1, 0.15) is 26.0 Å². The van der Waals surface area contributed by atoms with Crippen LogP contribution in [-0.4, -0.2) is 17.1 Å². The minimum Gasteiger partial charge on any atom is -0.396 e. The van der Waals surface area contributed by atoms with Gasteiger partial charge in [0.2, 0.25) is 0 Å². The van der Waals surface area contributed by atoms with Crippen molar-refractivity contribution >= 4 is 23.5 Å². The molecule has 1 aliphatic rings. The molecule has 2 atom stereocenters. The van der Waals surface area contributed by atoms with Crippen molar-refractivity contribution in [1.29, 1.82) is 0 Å². The van der Waals surface area contributed by atoms with Crippen molar-refractivity contribution in [1.82, 2.24) is 10.3 Å². The maximum absolute atomic E-state index is 5.71. The van der Waals surface area contributed by atoms with Crippen molar-refractivity contribution in [2.75, 3.05) is 5.73 Å². The predicted octanol–water partition coefficient (Wildman–Crippen LogP) is 2.48. The number of rotatable bonds is 1. The van der Waals surface area contributed by atoms with Crippen LogP contribution >= 0.6 is 12.2 Å². The van der Waals surface area contributed by atoms with Crippen LogP contribution in [0.3, 0.4) is 0 Å². The van der Waals surface area contributed by atoms with Crippen molar-refractivity contribution in [2.24, 2.45) is 0 Å². The first kappa shape index (κ1) is 11.4. The number of aromatic amines is 1. The number of H-pyrrole nitrogens is 1. The van der Waals surface area contributed by atoms with Gasteiger partial charge in [0.1, 0.15) is 4.64 Å². The van der Waals surface area contributed by atoms with Gasteiger partial charge < -0.3 is 16.0 Å². The molecule has 0 aliphatic carbocycles. The second-order valence-electron chi connectivity index (χ2n) is 4.41. The quantitative estimate of drug-likeness (QED) is 0.655. The van der Waals surface area contributed by atoms with E-state index in [1.165, 1.54) is 5.57 Å². The molecule has 1 aromatic heterocycles. The van der Waals surface area contributed by atoms with Crippen molar-refractivity contribution in [3.63, 3.8) is 0 Å². The van der Waals surface area contributed by atoms with Crippen LogP contribution in [0.5, 0.6) is 0 Å². The molecule has 0 spiro atoms. The normalized spacial score (nSPS) is 25.2. The largest absolute Gasteiger partial charge is 0.396 e. The van der Waals surface area contributed by atoms with Crippen molar-refractivity contribution in [3.8, 4) is 0 Å². The SMILES string of the molecule is CC1C=C(c2ccc(N)c(=S)[nH]2)CC(C)N1. The molecular weight excluding hydrogens is 218 g/mol. The monoisotopic (exact) mass is 235 g/mol. The number of nitrogen functional groups attached to an aromatic ring is 1. The van der Waals surface area contributed by atoms with Gasteiger partial charge in [-0.25, -0.2) is 0 Å². The maximum Gasteiger partial charge on any atom is 0.126 e. The molecule has 0 radical (unpaired) electrons. The zero-order valence-corrected chi connectivity index (χ0v) is 10.4. The molecule has 0 saturated heterocycles. The van der Waals surface area contributed by atoms with E-state index in [0.717, 1.165) is 12.1 Å². The predicted molar refractivity (Wildman–Crippen MR) is 70.7 cm³/mol. The number of pyridine rings is 1. The maximum atomic E-state index is 5.71. The van der Waals surface area contributed by atoms with Gasteiger partial charge in [-0.2, -0.15) is 0 Å². The molecule has 4 N–H and O–H groups in total. The number of anilines is 1. The zero-order valence-electron chi connectivity index (χ0n) is 9.58. The van der Waals surface area contributed by atoms with Crippen molar-refractivity contribution < 1.29 is 0 Å². The molecule has 2 unspecified atom stereocenters. The Bertz CT molecular complexity index is 475. The summed E-state index contributed by atoms with van der Waals surface area (Å²) in [6.07, 6.45) is 3.25. The second-order valence-corrected chi connectivity index (χ2v) is 4.82. The first-order valence-electron chi connectivity index (χ1n) is 5.52. The highest BCUT2D eigenvalue weighted by Gasteiger charge is 2.16. The number of aromatic nitrogens is 1. The lowest BCUT2D eigenvalue weighted by molar-refractivity contribution is 0.506. The van der Waals surface area contributed by atoms with Gasteiger partial charge in [0.15, 0.2) is 0 Å². The van der Waals surface area contributed by atoms with Gasteiger partial charge in [0, 0.05) is 17.8 Å². The van der Waals surface area contributed by atoms with Crippen LogP contribution in [-0.2, 0) is 0 Å². The van der Waals surface area contributed by atoms with E-state index in [1.807, 2.05) is 12.1 Å². The Hall–Kier alpha value is -1.13. The number of hydrogen-bond donors (Lipinski definition) is 3. The van der Waals surface area contributed by atoms with Crippen LogP contribution in [0.25, 0.3) is 5.57 Å². The summed E-state index contributed by atoms with van der Waals surface area (Å²) in [7, 11) is 0. The Morgan fingerprint density at radius 2 is 2.12 bits per heavy atom. The minimum atomic E-state index is 0.401. The molecule has 2 rings (SSSR count). The molecule has 1 aromatic rings. The lowest BCUT2D eigenvalue weighted by atomic mass is 9.97. The van der Waals surface area contributed by atoms with E-state index in [1.54, 1.807) is 0 Å². The molecule has 4 heteroatoms.